The van der Waals surface area contributed by atoms with Gasteiger partial charge in [0.15, 0.2) is 5.17 Å². The van der Waals surface area contributed by atoms with Crippen LogP contribution in [0.2, 0.25) is 5.02 Å². The number of amidine groups is 1. The summed E-state index contributed by atoms with van der Waals surface area (Å²) in [6.45, 7) is 0. The van der Waals surface area contributed by atoms with Crippen molar-refractivity contribution in [3.8, 4) is 11.4 Å². The summed E-state index contributed by atoms with van der Waals surface area (Å²) in [6, 6.07) is 22.8. The van der Waals surface area contributed by atoms with Crippen LogP contribution in [0.15, 0.2) is 98.9 Å². The van der Waals surface area contributed by atoms with E-state index in [2.05, 4.69) is 10.3 Å². The molecule has 0 aliphatic carbocycles. The molecular formula is C27H20ClN4O5S+. The van der Waals surface area contributed by atoms with Gasteiger partial charge in [0.05, 0.1) is 18.6 Å². The maximum atomic E-state index is 13.3. The third kappa shape index (κ3) is 5.17. The third-order valence-corrected chi connectivity index (χ3v) is 6.78. The number of Topliss-reactive ketones (excluding diaryl/α,β-unsaturated/α-hetero) is 1. The maximum absolute atomic E-state index is 13.3. The second-order valence-electron chi connectivity index (χ2n) is 8.03. The number of aromatic nitrogens is 2. The summed E-state index contributed by atoms with van der Waals surface area (Å²) >= 11 is 7.02. The van der Waals surface area contributed by atoms with Crippen LogP contribution in [0.5, 0.6) is 5.75 Å². The molecule has 38 heavy (non-hydrogen) atoms. The van der Waals surface area contributed by atoms with E-state index in [1.165, 1.54) is 9.58 Å². The fourth-order valence-corrected chi connectivity index (χ4v) is 4.74. The van der Waals surface area contributed by atoms with Crippen molar-refractivity contribution in [1.29, 1.82) is 0 Å². The highest BCUT2D eigenvalue weighted by atomic mass is 35.5. The number of carbonyl (C=O) groups excluding carboxylic acids is 2. The molecule has 5 rings (SSSR count). The van der Waals surface area contributed by atoms with Gasteiger partial charge in [0, 0.05) is 17.2 Å². The summed E-state index contributed by atoms with van der Waals surface area (Å²) in [5, 5.41) is 3.35. The number of aromatic amines is 1. The first-order valence-corrected chi connectivity index (χ1v) is 12.7. The zero-order valence-electron chi connectivity index (χ0n) is 20.0. The van der Waals surface area contributed by atoms with Gasteiger partial charge in [-0.25, -0.2) is 9.79 Å². The Balaban J connectivity index is 1.43. The van der Waals surface area contributed by atoms with Crippen molar-refractivity contribution < 1.29 is 23.5 Å². The first-order valence-electron chi connectivity index (χ1n) is 11.3. The molecule has 1 aromatic heterocycles. The highest BCUT2D eigenvalue weighted by Gasteiger charge is 2.35. The van der Waals surface area contributed by atoms with Gasteiger partial charge in [-0.1, -0.05) is 53.7 Å². The lowest BCUT2D eigenvalue weighted by molar-refractivity contribution is -0.672. The van der Waals surface area contributed by atoms with Crippen molar-refractivity contribution in [3.63, 3.8) is 0 Å². The van der Waals surface area contributed by atoms with Gasteiger partial charge in [-0.3, -0.25) is 19.0 Å². The Morgan fingerprint density at radius 2 is 1.79 bits per heavy atom. The molecular weight excluding hydrogens is 528 g/mol. The van der Waals surface area contributed by atoms with E-state index >= 15 is 0 Å². The van der Waals surface area contributed by atoms with Gasteiger partial charge in [0.2, 0.25) is 11.5 Å². The highest BCUT2D eigenvalue weighted by Crippen LogP contribution is 2.29. The van der Waals surface area contributed by atoms with Crippen LogP contribution >= 0.6 is 23.4 Å². The Kier molecular flexibility index (Phi) is 7.25. The summed E-state index contributed by atoms with van der Waals surface area (Å²) in [5.74, 6) is -0.381. The largest absolute Gasteiger partial charge is 0.497 e. The predicted molar refractivity (Wildman–Crippen MR) is 145 cm³/mol. The second-order valence-corrected chi connectivity index (χ2v) is 9.41. The molecule has 1 amide bonds. The number of para-hydroxylation sites is 1. The number of H-pyrrole nitrogens is 1. The number of hydrogen-bond donors (Lipinski definition) is 1. The molecule has 3 aromatic carbocycles. The van der Waals surface area contributed by atoms with Crippen molar-refractivity contribution in [3.05, 3.63) is 111 Å². The van der Waals surface area contributed by atoms with Crippen LogP contribution in [0.1, 0.15) is 16.1 Å². The molecule has 0 bridgehead atoms. The predicted octanol–water partition coefficient (Wildman–Crippen LogP) is 4.27. The summed E-state index contributed by atoms with van der Waals surface area (Å²) in [7, 11) is 1.54. The van der Waals surface area contributed by atoms with Gasteiger partial charge < -0.3 is 4.74 Å². The van der Waals surface area contributed by atoms with Crippen molar-refractivity contribution in [2.75, 3.05) is 17.8 Å². The molecule has 2 heterocycles. The van der Waals surface area contributed by atoms with E-state index in [9.17, 15) is 14.4 Å². The minimum Gasteiger partial charge on any atom is -0.497 e. The van der Waals surface area contributed by atoms with E-state index in [4.69, 9.17) is 20.9 Å². The lowest BCUT2D eigenvalue weighted by Crippen LogP contribution is -2.41. The number of ketones is 1. The van der Waals surface area contributed by atoms with Crippen LogP contribution in [0.4, 0.5) is 5.69 Å². The van der Waals surface area contributed by atoms with E-state index in [0.717, 1.165) is 17.3 Å². The van der Waals surface area contributed by atoms with E-state index < -0.39 is 11.4 Å². The molecule has 11 heteroatoms. The molecule has 190 valence electrons. The number of ether oxygens (including phenoxy) is 1. The fraction of sp³-hybridized carbons (Fsp3) is 0.0741. The summed E-state index contributed by atoms with van der Waals surface area (Å²) in [4.78, 5) is 44.9. The third-order valence-electron chi connectivity index (χ3n) is 5.59. The normalized spacial score (nSPS) is 14.2. The number of rotatable bonds is 7. The Labute approximate surface area is 226 Å². The van der Waals surface area contributed by atoms with Crippen LogP contribution in [0.3, 0.4) is 0 Å². The monoisotopic (exact) mass is 547 g/mol. The molecule has 1 aliphatic rings. The summed E-state index contributed by atoms with van der Waals surface area (Å²) < 4.78 is 11.3. The molecule has 1 aliphatic heterocycles. The van der Waals surface area contributed by atoms with Crippen molar-refractivity contribution in [2.24, 2.45) is 4.99 Å². The molecule has 0 saturated carbocycles. The lowest BCUT2D eigenvalue weighted by Gasteiger charge is -2.17. The molecule has 0 atom stereocenters. The number of thioether (sulfide) groups is 1. The molecule has 0 radical (unpaired) electrons. The van der Waals surface area contributed by atoms with Crippen LogP contribution < -0.4 is 19.9 Å². The zero-order chi connectivity index (χ0) is 26.6. The standard InChI is InChI=1S/C27H19ClN4O5S/c1-36-21-13-11-20(12-14-21)32-24(26(35)37-30-32)23(33)16-38-27-29-22(15-17-7-9-18(28)10-8-17)25(34)31(27)19-5-3-2-4-6-19/h2-15H,16H2,1H3/p+1/b22-15+. The topological polar surface area (TPSA) is 109 Å². The summed E-state index contributed by atoms with van der Waals surface area (Å²) in [5.41, 5.74) is 1.08. The minimum atomic E-state index is -0.806. The molecule has 0 saturated heterocycles. The van der Waals surface area contributed by atoms with Gasteiger partial charge in [0.1, 0.15) is 11.4 Å². The van der Waals surface area contributed by atoms with Gasteiger partial charge in [0.25, 0.3) is 5.91 Å². The van der Waals surface area contributed by atoms with E-state index in [1.54, 1.807) is 86.0 Å². The second kappa shape index (κ2) is 10.9. The number of carbonyl (C=O) groups is 2. The van der Waals surface area contributed by atoms with E-state index in [0.29, 0.717) is 27.3 Å². The Hall–Kier alpha value is -4.41. The molecule has 1 N–H and O–H groups in total. The van der Waals surface area contributed by atoms with Gasteiger partial charge in [-0.05, 0) is 58.0 Å². The number of aliphatic imine (C=N–C) groups is 1. The number of amides is 1. The molecule has 4 aromatic rings. The van der Waals surface area contributed by atoms with Gasteiger partial charge >= 0.3 is 11.3 Å². The van der Waals surface area contributed by atoms with E-state index in [-0.39, 0.29) is 23.1 Å². The maximum Gasteiger partial charge on any atom is 0.438 e. The van der Waals surface area contributed by atoms with Crippen molar-refractivity contribution in [1.82, 2.24) is 5.27 Å². The van der Waals surface area contributed by atoms with E-state index in [1.807, 2.05) is 6.07 Å². The van der Waals surface area contributed by atoms with Crippen molar-refractivity contribution in [2.45, 2.75) is 0 Å². The molecule has 9 nitrogen and oxygen atoms in total. The van der Waals surface area contributed by atoms with Crippen LogP contribution in [-0.2, 0) is 4.79 Å². The summed E-state index contributed by atoms with van der Waals surface area (Å²) in [6.07, 6.45) is 1.66. The Morgan fingerprint density at radius 3 is 2.47 bits per heavy atom. The number of hydrogen-bond acceptors (Lipinski definition) is 7. The average Bonchev–Trinajstić information content (AvgIpc) is 3.48. The number of benzene rings is 3. The quantitative estimate of drug-likeness (QED) is 0.210. The average molecular weight is 548 g/mol. The number of anilines is 1. The number of nitrogens with one attached hydrogen (secondary N) is 1. The zero-order valence-corrected chi connectivity index (χ0v) is 21.5. The smallest absolute Gasteiger partial charge is 0.438 e. The SMILES string of the molecule is COc1ccc(-[n+]2[nH]oc(=O)c2C(=O)CSC2=N/C(=C/c3ccc(Cl)cc3)C(=O)N2c2ccccc2)cc1. The number of methoxy groups -OCH3 is 1. The molecule has 0 spiro atoms. The number of nitrogens with zero attached hydrogens (tertiary/aromatic N) is 3. The van der Waals surface area contributed by atoms with Gasteiger partial charge in [-0.15, -0.1) is 0 Å². The fourth-order valence-electron chi connectivity index (χ4n) is 3.74. The van der Waals surface area contributed by atoms with Crippen LogP contribution in [0, 0.1) is 0 Å². The van der Waals surface area contributed by atoms with Gasteiger partial charge in [-0.2, -0.15) is 0 Å². The highest BCUT2D eigenvalue weighted by molar-refractivity contribution is 8.14. The Bertz CT molecular complexity index is 1610. The molecule has 0 unspecified atom stereocenters. The lowest BCUT2D eigenvalue weighted by atomic mass is 10.2. The first kappa shape index (κ1) is 25.2. The van der Waals surface area contributed by atoms with Crippen LogP contribution in [-0.4, -0.2) is 35.0 Å². The van der Waals surface area contributed by atoms with Crippen LogP contribution in [0.25, 0.3) is 11.8 Å². The number of halogens is 1. The minimum absolute atomic E-state index is 0.164. The Morgan fingerprint density at radius 1 is 1.08 bits per heavy atom. The first-order chi connectivity index (χ1) is 18.4. The van der Waals surface area contributed by atoms with Crippen molar-refractivity contribution >= 4 is 52.0 Å². The molecule has 0 fully saturated rings.